The Kier molecular flexibility index (Phi) is 5.65. The Hall–Kier alpha value is -2.93. The predicted octanol–water partition coefficient (Wildman–Crippen LogP) is 4.34. The number of nitrogens with zero attached hydrogens (tertiary/aromatic N) is 1. The molecule has 0 unspecified atom stereocenters. The molecule has 0 aliphatic heterocycles. The average Bonchev–Trinajstić information content (AvgIpc) is 3.14. The summed E-state index contributed by atoms with van der Waals surface area (Å²) in [6, 6.07) is 7.67. The minimum absolute atomic E-state index is 0.112. The van der Waals surface area contributed by atoms with Gasteiger partial charge in [-0.2, -0.15) is 0 Å². The first-order valence-corrected chi connectivity index (χ1v) is 9.72. The van der Waals surface area contributed by atoms with E-state index in [1.807, 2.05) is 52.0 Å². The van der Waals surface area contributed by atoms with E-state index in [1.165, 1.54) is 18.4 Å². The molecule has 1 aromatic carbocycles. The van der Waals surface area contributed by atoms with Gasteiger partial charge in [-0.05, 0) is 45.4 Å². The maximum absolute atomic E-state index is 12.4. The zero-order valence-electron chi connectivity index (χ0n) is 16.6. The fourth-order valence-corrected chi connectivity index (χ4v) is 4.07. The third-order valence-electron chi connectivity index (χ3n) is 4.55. The molecule has 7 heteroatoms. The SMILES string of the molecule is COC(=O)c1c(C)[nH]c(-c2nc(CC(=O)Nc3ccc(C)cc3)sc2C)c1C. The van der Waals surface area contributed by atoms with Crippen molar-refractivity contribution in [2.24, 2.45) is 0 Å². The number of methoxy groups -OCH3 is 1. The molecule has 2 N–H and O–H groups in total. The molecule has 0 radical (unpaired) electrons. The number of amides is 1. The zero-order valence-corrected chi connectivity index (χ0v) is 17.4. The fraction of sp³-hybridized carbons (Fsp3) is 0.286. The minimum atomic E-state index is -0.372. The highest BCUT2D eigenvalue weighted by molar-refractivity contribution is 7.12. The van der Waals surface area contributed by atoms with Crippen molar-refractivity contribution in [3.05, 3.63) is 56.5 Å². The second-order valence-electron chi connectivity index (χ2n) is 6.72. The number of nitrogens with one attached hydrogen (secondary N) is 2. The topological polar surface area (TPSA) is 84.1 Å². The molecule has 1 amide bonds. The highest BCUT2D eigenvalue weighted by Crippen LogP contribution is 2.32. The second-order valence-corrected chi connectivity index (χ2v) is 8.01. The number of aromatic nitrogens is 2. The van der Waals surface area contributed by atoms with Gasteiger partial charge in [-0.3, -0.25) is 4.79 Å². The lowest BCUT2D eigenvalue weighted by atomic mass is 10.1. The molecule has 0 aliphatic rings. The van der Waals surface area contributed by atoms with Crippen LogP contribution < -0.4 is 5.32 Å². The zero-order chi connectivity index (χ0) is 20.4. The van der Waals surface area contributed by atoms with Crippen LogP contribution in [0.3, 0.4) is 0 Å². The molecule has 2 heterocycles. The molecule has 0 saturated heterocycles. The minimum Gasteiger partial charge on any atom is -0.465 e. The van der Waals surface area contributed by atoms with Gasteiger partial charge in [-0.1, -0.05) is 17.7 Å². The van der Waals surface area contributed by atoms with Crippen molar-refractivity contribution in [3.63, 3.8) is 0 Å². The van der Waals surface area contributed by atoms with Gasteiger partial charge in [0.15, 0.2) is 0 Å². The molecular weight excluding hydrogens is 374 g/mol. The number of esters is 1. The van der Waals surface area contributed by atoms with Crippen LogP contribution >= 0.6 is 11.3 Å². The standard InChI is InChI=1S/C21H23N3O3S/c1-11-6-8-15(9-7-11)23-16(25)10-17-24-20(14(4)28-17)19-12(2)18(13(3)22-19)21(26)27-5/h6-9,22H,10H2,1-5H3,(H,23,25). The van der Waals surface area contributed by atoms with E-state index in [9.17, 15) is 9.59 Å². The summed E-state index contributed by atoms with van der Waals surface area (Å²) in [6.45, 7) is 7.66. The lowest BCUT2D eigenvalue weighted by Crippen LogP contribution is -2.14. The van der Waals surface area contributed by atoms with Gasteiger partial charge in [-0.25, -0.2) is 9.78 Å². The number of ether oxygens (including phenoxy) is 1. The normalized spacial score (nSPS) is 10.8. The summed E-state index contributed by atoms with van der Waals surface area (Å²) in [5.74, 6) is -0.484. The van der Waals surface area contributed by atoms with E-state index in [4.69, 9.17) is 4.74 Å². The number of anilines is 1. The number of aryl methyl sites for hydroxylation is 3. The monoisotopic (exact) mass is 397 g/mol. The first-order valence-electron chi connectivity index (χ1n) is 8.90. The quantitative estimate of drug-likeness (QED) is 0.627. The second kappa shape index (κ2) is 7.98. The van der Waals surface area contributed by atoms with Crippen molar-refractivity contribution in [1.29, 1.82) is 0 Å². The molecule has 28 heavy (non-hydrogen) atoms. The lowest BCUT2D eigenvalue weighted by molar-refractivity contribution is -0.115. The Balaban J connectivity index is 1.81. The highest BCUT2D eigenvalue weighted by atomic mass is 32.1. The van der Waals surface area contributed by atoms with Gasteiger partial charge in [-0.15, -0.1) is 11.3 Å². The summed E-state index contributed by atoms with van der Waals surface area (Å²) >= 11 is 1.48. The van der Waals surface area contributed by atoms with Crippen LogP contribution in [0.1, 0.15) is 37.1 Å². The van der Waals surface area contributed by atoms with Crippen LogP contribution in [0.15, 0.2) is 24.3 Å². The molecule has 0 bridgehead atoms. The van der Waals surface area contributed by atoms with Crippen molar-refractivity contribution in [1.82, 2.24) is 9.97 Å². The Morgan fingerprint density at radius 1 is 1.14 bits per heavy atom. The third-order valence-corrected chi connectivity index (χ3v) is 5.52. The number of rotatable bonds is 5. The third kappa shape index (κ3) is 3.99. The molecule has 6 nitrogen and oxygen atoms in total. The van der Waals surface area contributed by atoms with Crippen LogP contribution in [-0.2, 0) is 16.0 Å². The van der Waals surface area contributed by atoms with E-state index in [2.05, 4.69) is 15.3 Å². The summed E-state index contributed by atoms with van der Waals surface area (Å²) in [4.78, 5) is 33.3. The Bertz CT molecular complexity index is 1030. The van der Waals surface area contributed by atoms with Crippen LogP contribution in [0.25, 0.3) is 11.4 Å². The predicted molar refractivity (Wildman–Crippen MR) is 111 cm³/mol. The molecule has 0 atom stereocenters. The van der Waals surface area contributed by atoms with Gasteiger partial charge in [0.25, 0.3) is 0 Å². The van der Waals surface area contributed by atoms with Crippen molar-refractivity contribution >= 4 is 28.9 Å². The number of benzene rings is 1. The molecule has 3 aromatic rings. The van der Waals surface area contributed by atoms with E-state index >= 15 is 0 Å². The molecule has 146 valence electrons. The maximum Gasteiger partial charge on any atom is 0.339 e. The number of hydrogen-bond acceptors (Lipinski definition) is 5. The average molecular weight is 398 g/mol. The fourth-order valence-electron chi connectivity index (χ4n) is 3.13. The largest absolute Gasteiger partial charge is 0.465 e. The lowest BCUT2D eigenvalue weighted by Gasteiger charge is -2.04. The van der Waals surface area contributed by atoms with E-state index in [0.29, 0.717) is 5.56 Å². The van der Waals surface area contributed by atoms with E-state index < -0.39 is 0 Å². The molecule has 3 rings (SSSR count). The highest BCUT2D eigenvalue weighted by Gasteiger charge is 2.22. The molecular formula is C21H23N3O3S. The van der Waals surface area contributed by atoms with E-state index in [1.54, 1.807) is 0 Å². The Morgan fingerprint density at radius 2 is 1.82 bits per heavy atom. The van der Waals surface area contributed by atoms with E-state index in [-0.39, 0.29) is 18.3 Å². The van der Waals surface area contributed by atoms with Crippen LogP contribution in [0.2, 0.25) is 0 Å². The summed E-state index contributed by atoms with van der Waals surface area (Å²) < 4.78 is 4.87. The van der Waals surface area contributed by atoms with Crippen molar-refractivity contribution in [2.75, 3.05) is 12.4 Å². The molecule has 0 aliphatic carbocycles. The first kappa shape index (κ1) is 19.8. The number of carbonyl (C=O) groups excluding carboxylic acids is 2. The summed E-state index contributed by atoms with van der Waals surface area (Å²) in [5, 5.41) is 3.62. The van der Waals surface area contributed by atoms with Crippen molar-refractivity contribution < 1.29 is 14.3 Å². The first-order chi connectivity index (χ1) is 13.3. The van der Waals surface area contributed by atoms with E-state index in [0.717, 1.165) is 43.8 Å². The van der Waals surface area contributed by atoms with Crippen molar-refractivity contribution in [2.45, 2.75) is 34.1 Å². The van der Waals surface area contributed by atoms with Gasteiger partial charge < -0.3 is 15.0 Å². The van der Waals surface area contributed by atoms with Gasteiger partial charge >= 0.3 is 5.97 Å². The number of carbonyl (C=O) groups is 2. The number of thiazole rings is 1. The van der Waals surface area contributed by atoms with Gasteiger partial charge in [0.05, 0.1) is 24.8 Å². The number of aromatic amines is 1. The van der Waals surface area contributed by atoms with Gasteiger partial charge in [0.2, 0.25) is 5.91 Å². The Morgan fingerprint density at radius 3 is 2.46 bits per heavy atom. The van der Waals surface area contributed by atoms with Gasteiger partial charge in [0.1, 0.15) is 10.7 Å². The van der Waals surface area contributed by atoms with Gasteiger partial charge in [0, 0.05) is 16.3 Å². The molecule has 0 fully saturated rings. The maximum atomic E-state index is 12.4. The summed E-state index contributed by atoms with van der Waals surface area (Å²) in [7, 11) is 1.37. The summed E-state index contributed by atoms with van der Waals surface area (Å²) in [5.41, 5.74) is 5.53. The van der Waals surface area contributed by atoms with Crippen LogP contribution in [-0.4, -0.2) is 29.0 Å². The molecule has 2 aromatic heterocycles. The van der Waals surface area contributed by atoms with Crippen LogP contribution in [0, 0.1) is 27.7 Å². The molecule has 0 spiro atoms. The summed E-state index contributed by atoms with van der Waals surface area (Å²) in [6.07, 6.45) is 0.196. The number of H-pyrrole nitrogens is 1. The smallest absolute Gasteiger partial charge is 0.339 e. The van der Waals surface area contributed by atoms with Crippen LogP contribution in [0.4, 0.5) is 5.69 Å². The molecule has 0 saturated carbocycles. The Labute approximate surface area is 168 Å². The van der Waals surface area contributed by atoms with Crippen LogP contribution in [0.5, 0.6) is 0 Å². The number of hydrogen-bond donors (Lipinski definition) is 2. The van der Waals surface area contributed by atoms with Crippen molar-refractivity contribution in [3.8, 4) is 11.4 Å².